The van der Waals surface area contributed by atoms with Crippen molar-refractivity contribution in [1.82, 2.24) is 0 Å². The highest BCUT2D eigenvalue weighted by molar-refractivity contribution is 7.02. The molecule has 2 aromatic rings. The third kappa shape index (κ3) is 2.81. The van der Waals surface area contributed by atoms with Crippen LogP contribution in [0, 0.1) is 0 Å². The van der Waals surface area contributed by atoms with Gasteiger partial charge in [0.2, 0.25) is 0 Å². The molecule has 22 heavy (non-hydrogen) atoms. The molecule has 0 aromatic heterocycles. The van der Waals surface area contributed by atoms with Crippen LogP contribution in [-0.4, -0.2) is 39.2 Å². The predicted octanol–water partition coefficient (Wildman–Crippen LogP) is 2.90. The molecule has 114 valence electrons. The van der Waals surface area contributed by atoms with Crippen molar-refractivity contribution in [3.05, 3.63) is 73.3 Å². The summed E-state index contributed by atoms with van der Waals surface area (Å²) in [5.74, 6) is 0. The van der Waals surface area contributed by atoms with Crippen LogP contribution in [-0.2, 0) is 0 Å². The average Bonchev–Trinajstić information content (AvgIpc) is 2.58. The van der Waals surface area contributed by atoms with Crippen LogP contribution in [0.15, 0.2) is 73.3 Å². The molecule has 0 amide bonds. The van der Waals surface area contributed by atoms with Crippen LogP contribution < -0.4 is 10.4 Å². The molecule has 0 bridgehead atoms. The molecular weight excluding hydrogens is 282 g/mol. The Morgan fingerprint density at radius 3 is 1.77 bits per heavy atom. The van der Waals surface area contributed by atoms with Gasteiger partial charge in [0, 0.05) is 12.1 Å². The quantitative estimate of drug-likeness (QED) is 0.463. The number of quaternary nitrogens is 1. The Labute approximate surface area is 135 Å². The van der Waals surface area contributed by atoms with Gasteiger partial charge in [0.25, 0.3) is 0 Å². The highest BCUT2D eigenvalue weighted by atomic mass is 28.3. The van der Waals surface area contributed by atoms with E-state index >= 15 is 0 Å². The summed E-state index contributed by atoms with van der Waals surface area (Å²) in [5, 5.41) is 3.21. The van der Waals surface area contributed by atoms with Gasteiger partial charge in [0.15, 0.2) is 0 Å². The summed E-state index contributed by atoms with van der Waals surface area (Å²) in [6.07, 6.45) is 2.08. The van der Waals surface area contributed by atoms with Gasteiger partial charge >= 0.3 is 0 Å². The van der Waals surface area contributed by atoms with Crippen LogP contribution in [0.25, 0.3) is 0 Å². The van der Waals surface area contributed by atoms with E-state index in [0.717, 1.165) is 11.0 Å². The van der Waals surface area contributed by atoms with E-state index < -0.39 is 8.07 Å². The summed E-state index contributed by atoms with van der Waals surface area (Å²) >= 11 is 0. The van der Waals surface area contributed by atoms with Crippen molar-refractivity contribution in [2.24, 2.45) is 0 Å². The monoisotopic (exact) mass is 308 g/mol. The lowest BCUT2D eigenvalue weighted by molar-refractivity contribution is -0.902. The lowest BCUT2D eigenvalue weighted by Crippen LogP contribution is -2.66. The van der Waals surface area contributed by atoms with E-state index in [0.29, 0.717) is 0 Å². The van der Waals surface area contributed by atoms with E-state index in [9.17, 15) is 0 Å². The third-order valence-electron chi connectivity index (χ3n) is 5.38. The molecule has 2 aromatic carbocycles. The molecule has 0 spiro atoms. The summed E-state index contributed by atoms with van der Waals surface area (Å²) in [6, 6.07) is 25.2. The topological polar surface area (TPSA) is 0 Å². The third-order valence-corrected chi connectivity index (χ3v) is 10.4. The first-order valence-corrected chi connectivity index (χ1v) is 10.7. The molecule has 1 heterocycles. The van der Waals surface area contributed by atoms with E-state index in [4.69, 9.17) is 0 Å². The van der Waals surface area contributed by atoms with E-state index in [-0.39, 0.29) is 0 Å². The van der Waals surface area contributed by atoms with Crippen molar-refractivity contribution in [2.45, 2.75) is 12.1 Å². The van der Waals surface area contributed by atoms with Gasteiger partial charge in [0.1, 0.15) is 8.07 Å². The second kappa shape index (κ2) is 6.23. The van der Waals surface area contributed by atoms with Crippen molar-refractivity contribution >= 4 is 18.4 Å². The zero-order chi connectivity index (χ0) is 15.5. The molecule has 2 heteroatoms. The summed E-state index contributed by atoms with van der Waals surface area (Å²) in [5.41, 5.74) is 0. The van der Waals surface area contributed by atoms with Crippen LogP contribution in [0.3, 0.4) is 0 Å². The fourth-order valence-corrected chi connectivity index (χ4v) is 9.15. The van der Waals surface area contributed by atoms with Crippen molar-refractivity contribution in [3.63, 3.8) is 0 Å². The molecule has 0 saturated carbocycles. The average molecular weight is 309 g/mol. The molecular formula is C20H26NSi+. The summed E-state index contributed by atoms with van der Waals surface area (Å²) in [6.45, 7) is 7.57. The first-order valence-electron chi connectivity index (χ1n) is 8.24. The SMILES string of the molecule is C=CC[N+]1(C)CC[Si](c2ccccc2)(c2ccccc2)CC1. The number of hydrogen-bond donors (Lipinski definition) is 0. The van der Waals surface area contributed by atoms with Crippen LogP contribution in [0.5, 0.6) is 0 Å². The van der Waals surface area contributed by atoms with Gasteiger partial charge in [-0.1, -0.05) is 77.6 Å². The largest absolute Gasteiger partial charge is 0.323 e. The number of hydrogen-bond acceptors (Lipinski definition) is 0. The Morgan fingerprint density at radius 1 is 0.909 bits per heavy atom. The normalized spacial score (nSPS) is 19.5. The predicted molar refractivity (Wildman–Crippen MR) is 98.5 cm³/mol. The van der Waals surface area contributed by atoms with Gasteiger partial charge in [-0.05, 0) is 6.08 Å². The molecule has 0 aliphatic carbocycles. The first kappa shape index (κ1) is 15.3. The van der Waals surface area contributed by atoms with Gasteiger partial charge < -0.3 is 4.48 Å². The van der Waals surface area contributed by atoms with Gasteiger partial charge in [-0.15, -0.1) is 0 Å². The first-order chi connectivity index (χ1) is 10.7. The molecule has 1 nitrogen and oxygen atoms in total. The van der Waals surface area contributed by atoms with E-state index in [1.807, 2.05) is 0 Å². The zero-order valence-electron chi connectivity index (χ0n) is 13.5. The van der Waals surface area contributed by atoms with Gasteiger partial charge in [-0.25, -0.2) is 0 Å². The van der Waals surface area contributed by atoms with Crippen molar-refractivity contribution in [3.8, 4) is 0 Å². The van der Waals surface area contributed by atoms with Gasteiger partial charge in [-0.2, -0.15) is 0 Å². The molecule has 3 rings (SSSR count). The molecule has 0 N–H and O–H groups in total. The van der Waals surface area contributed by atoms with E-state index in [1.54, 1.807) is 10.4 Å². The molecule has 1 saturated heterocycles. The molecule has 0 atom stereocenters. The smallest absolute Gasteiger partial charge is 0.129 e. The van der Waals surface area contributed by atoms with Gasteiger partial charge in [-0.3, -0.25) is 0 Å². The number of benzene rings is 2. The molecule has 1 aliphatic heterocycles. The fourth-order valence-electron chi connectivity index (χ4n) is 3.91. The maximum atomic E-state index is 3.95. The van der Waals surface area contributed by atoms with Gasteiger partial charge in [0.05, 0.1) is 26.7 Å². The second-order valence-corrected chi connectivity index (χ2v) is 11.2. The Balaban J connectivity index is 1.99. The highest BCUT2D eigenvalue weighted by Gasteiger charge is 2.44. The minimum absolute atomic E-state index is 1.09. The lowest BCUT2D eigenvalue weighted by atomic mass is 10.3. The van der Waals surface area contributed by atoms with Crippen LogP contribution in [0.1, 0.15) is 0 Å². The van der Waals surface area contributed by atoms with Crippen molar-refractivity contribution in [1.29, 1.82) is 0 Å². The molecule has 0 radical (unpaired) electrons. The Hall–Kier alpha value is -1.64. The maximum Gasteiger partial charge on any atom is 0.129 e. The van der Waals surface area contributed by atoms with Crippen LogP contribution >= 0.6 is 0 Å². The van der Waals surface area contributed by atoms with E-state index in [1.165, 1.54) is 25.2 Å². The van der Waals surface area contributed by atoms with Crippen molar-refractivity contribution < 1.29 is 4.48 Å². The van der Waals surface area contributed by atoms with Crippen molar-refractivity contribution in [2.75, 3.05) is 26.7 Å². The Bertz CT molecular complexity index is 571. The highest BCUT2D eigenvalue weighted by Crippen LogP contribution is 2.26. The maximum absolute atomic E-state index is 3.95. The Morgan fingerprint density at radius 2 is 1.36 bits per heavy atom. The van der Waals surface area contributed by atoms with Crippen LogP contribution in [0.4, 0.5) is 0 Å². The fraction of sp³-hybridized carbons (Fsp3) is 0.300. The molecule has 1 fully saturated rings. The minimum atomic E-state index is -1.60. The number of likely N-dealkylation sites (N-methyl/N-ethyl adjacent to an activating group) is 1. The zero-order valence-corrected chi connectivity index (χ0v) is 14.5. The summed E-state index contributed by atoms with van der Waals surface area (Å²) in [7, 11) is 0.782. The standard InChI is InChI=1S/C20H26NSi/c1-3-14-21(2)15-17-22(18-16-21,19-10-6-4-7-11-19)20-12-8-5-9-13-20/h3-13H,1,14-18H2,2H3/q+1. The molecule has 1 aliphatic rings. The van der Waals surface area contributed by atoms with Crippen LogP contribution in [0.2, 0.25) is 12.1 Å². The number of nitrogens with zero attached hydrogens (tertiary/aromatic N) is 1. The summed E-state index contributed by atoms with van der Waals surface area (Å²) in [4.78, 5) is 0. The lowest BCUT2D eigenvalue weighted by Gasteiger charge is -2.45. The Kier molecular flexibility index (Phi) is 4.32. The van der Waals surface area contributed by atoms with E-state index in [2.05, 4.69) is 80.4 Å². The number of rotatable bonds is 4. The minimum Gasteiger partial charge on any atom is -0.323 e. The second-order valence-electron chi connectivity index (χ2n) is 6.85. The summed E-state index contributed by atoms with van der Waals surface area (Å²) < 4.78 is 1.15. The molecule has 0 unspecified atom stereocenters.